The van der Waals surface area contributed by atoms with Crippen LogP contribution in [-0.2, 0) is 0 Å². The van der Waals surface area contributed by atoms with E-state index in [9.17, 15) is 0 Å². The van der Waals surface area contributed by atoms with Crippen LogP contribution in [0.2, 0.25) is 0 Å². The summed E-state index contributed by atoms with van der Waals surface area (Å²) in [6, 6.07) is 18.8. The SMILES string of the molecule is CCOc1ccc(C2CC(C)=NN2c2nc(-c3ccccc3)cs2)cc1. The van der Waals surface area contributed by atoms with Gasteiger partial charge in [-0.15, -0.1) is 11.3 Å². The number of thiazole rings is 1. The average molecular weight is 363 g/mol. The largest absolute Gasteiger partial charge is 0.494 e. The smallest absolute Gasteiger partial charge is 0.207 e. The Bertz CT molecular complexity index is 903. The van der Waals surface area contributed by atoms with Crippen molar-refractivity contribution in [1.29, 1.82) is 0 Å². The third kappa shape index (κ3) is 3.35. The van der Waals surface area contributed by atoms with Crippen molar-refractivity contribution < 1.29 is 4.74 Å². The topological polar surface area (TPSA) is 37.7 Å². The quantitative estimate of drug-likeness (QED) is 0.597. The molecular formula is C21H21N3OS. The number of nitrogens with zero attached hydrogens (tertiary/aromatic N) is 3. The molecule has 1 unspecified atom stereocenters. The third-order valence-electron chi connectivity index (χ3n) is 4.40. The Balaban J connectivity index is 1.61. The number of hydrogen-bond acceptors (Lipinski definition) is 5. The molecule has 0 fully saturated rings. The fourth-order valence-electron chi connectivity index (χ4n) is 3.16. The molecule has 1 aliphatic heterocycles. The van der Waals surface area contributed by atoms with Crippen molar-refractivity contribution in [3.63, 3.8) is 0 Å². The molecule has 4 rings (SSSR count). The standard InChI is InChI=1S/C21H21N3OS/c1-3-25-18-11-9-17(10-12-18)20-13-15(2)23-24(20)21-22-19(14-26-21)16-7-5-4-6-8-16/h4-12,14,20H,3,13H2,1-2H3. The van der Waals surface area contributed by atoms with Crippen molar-refractivity contribution in [2.24, 2.45) is 5.10 Å². The normalized spacial score (nSPS) is 16.6. The van der Waals surface area contributed by atoms with Gasteiger partial charge in [0.05, 0.1) is 18.3 Å². The zero-order valence-electron chi connectivity index (χ0n) is 14.9. The van der Waals surface area contributed by atoms with Crippen molar-refractivity contribution in [2.75, 3.05) is 11.6 Å². The highest BCUT2D eigenvalue weighted by Crippen LogP contribution is 2.38. The number of anilines is 1. The van der Waals surface area contributed by atoms with Crippen molar-refractivity contribution >= 4 is 22.2 Å². The van der Waals surface area contributed by atoms with Crippen LogP contribution < -0.4 is 9.75 Å². The van der Waals surface area contributed by atoms with E-state index in [0.29, 0.717) is 6.61 Å². The molecule has 0 radical (unpaired) electrons. The van der Waals surface area contributed by atoms with Crippen molar-refractivity contribution in [2.45, 2.75) is 26.3 Å². The summed E-state index contributed by atoms with van der Waals surface area (Å²) in [5.74, 6) is 0.902. The lowest BCUT2D eigenvalue weighted by Crippen LogP contribution is -2.18. The summed E-state index contributed by atoms with van der Waals surface area (Å²) in [5.41, 5.74) is 4.48. The molecule has 0 aliphatic carbocycles. The van der Waals surface area contributed by atoms with Crippen LogP contribution in [0.4, 0.5) is 5.13 Å². The third-order valence-corrected chi connectivity index (χ3v) is 5.23. The molecule has 0 spiro atoms. The van der Waals surface area contributed by atoms with Gasteiger partial charge >= 0.3 is 0 Å². The Hall–Kier alpha value is -2.66. The molecule has 0 saturated heterocycles. The number of aromatic nitrogens is 1. The molecule has 1 aromatic heterocycles. The molecule has 1 aliphatic rings. The molecule has 0 bridgehead atoms. The van der Waals surface area contributed by atoms with E-state index in [1.807, 2.05) is 37.3 Å². The molecule has 0 N–H and O–H groups in total. The van der Waals surface area contributed by atoms with E-state index < -0.39 is 0 Å². The van der Waals surface area contributed by atoms with E-state index >= 15 is 0 Å². The second-order valence-corrected chi connectivity index (χ2v) is 7.12. The Kier molecular flexibility index (Phi) is 4.71. The van der Waals surface area contributed by atoms with E-state index in [0.717, 1.165) is 34.3 Å². The predicted octanol–water partition coefficient (Wildman–Crippen LogP) is 5.54. The molecule has 1 atom stereocenters. The van der Waals surface area contributed by atoms with Crippen LogP contribution in [0, 0.1) is 0 Å². The van der Waals surface area contributed by atoms with Crippen molar-refractivity contribution in [1.82, 2.24) is 4.98 Å². The molecular weight excluding hydrogens is 342 g/mol. The van der Waals surface area contributed by atoms with E-state index in [1.165, 1.54) is 5.56 Å². The van der Waals surface area contributed by atoms with Crippen LogP contribution in [0.15, 0.2) is 65.1 Å². The Morgan fingerprint density at radius 2 is 1.88 bits per heavy atom. The van der Waals surface area contributed by atoms with Crippen LogP contribution in [0.1, 0.15) is 31.9 Å². The van der Waals surface area contributed by atoms with Crippen LogP contribution >= 0.6 is 11.3 Å². The highest BCUT2D eigenvalue weighted by atomic mass is 32.1. The van der Waals surface area contributed by atoms with Crippen LogP contribution in [0.3, 0.4) is 0 Å². The lowest BCUT2D eigenvalue weighted by molar-refractivity contribution is 0.340. The van der Waals surface area contributed by atoms with E-state index in [-0.39, 0.29) is 6.04 Å². The summed E-state index contributed by atoms with van der Waals surface area (Å²) in [5, 5.41) is 9.84. The van der Waals surface area contributed by atoms with E-state index in [4.69, 9.17) is 14.8 Å². The maximum atomic E-state index is 5.56. The van der Waals surface area contributed by atoms with Gasteiger partial charge in [-0.05, 0) is 31.5 Å². The Morgan fingerprint density at radius 1 is 1.12 bits per heavy atom. The van der Waals surface area contributed by atoms with E-state index in [2.05, 4.69) is 41.6 Å². The van der Waals surface area contributed by atoms with Gasteiger partial charge < -0.3 is 4.74 Å². The minimum atomic E-state index is 0.181. The van der Waals surface area contributed by atoms with Gasteiger partial charge in [0.1, 0.15) is 5.75 Å². The molecule has 132 valence electrons. The van der Waals surface area contributed by atoms with Crippen LogP contribution in [-0.4, -0.2) is 17.3 Å². The summed E-state index contributed by atoms with van der Waals surface area (Å²) in [7, 11) is 0. The summed E-state index contributed by atoms with van der Waals surface area (Å²) in [6.07, 6.45) is 0.911. The molecule has 0 saturated carbocycles. The fraction of sp³-hybridized carbons (Fsp3) is 0.238. The molecule has 4 nitrogen and oxygen atoms in total. The maximum Gasteiger partial charge on any atom is 0.207 e. The molecule has 26 heavy (non-hydrogen) atoms. The van der Waals surface area contributed by atoms with Gasteiger partial charge in [0.2, 0.25) is 5.13 Å². The van der Waals surface area contributed by atoms with Crippen molar-refractivity contribution in [3.8, 4) is 17.0 Å². The number of benzene rings is 2. The zero-order chi connectivity index (χ0) is 17.9. The summed E-state index contributed by atoms with van der Waals surface area (Å²) < 4.78 is 5.56. The lowest BCUT2D eigenvalue weighted by Gasteiger charge is -2.21. The van der Waals surface area contributed by atoms with Gasteiger partial charge in [0.15, 0.2) is 0 Å². The number of ether oxygens (including phenoxy) is 1. The first-order chi connectivity index (χ1) is 12.7. The lowest BCUT2D eigenvalue weighted by atomic mass is 10.0. The first-order valence-corrected chi connectivity index (χ1v) is 9.69. The molecule has 2 aromatic carbocycles. The summed E-state index contributed by atoms with van der Waals surface area (Å²) >= 11 is 1.64. The molecule has 0 amide bonds. The van der Waals surface area contributed by atoms with Gasteiger partial charge in [0, 0.05) is 23.1 Å². The second kappa shape index (κ2) is 7.30. The van der Waals surface area contributed by atoms with Gasteiger partial charge in [-0.3, -0.25) is 0 Å². The van der Waals surface area contributed by atoms with Gasteiger partial charge in [-0.1, -0.05) is 42.5 Å². The molecule has 5 heteroatoms. The highest BCUT2D eigenvalue weighted by molar-refractivity contribution is 7.14. The first-order valence-electron chi connectivity index (χ1n) is 8.81. The second-order valence-electron chi connectivity index (χ2n) is 6.28. The van der Waals surface area contributed by atoms with Crippen LogP contribution in [0.25, 0.3) is 11.3 Å². The summed E-state index contributed by atoms with van der Waals surface area (Å²) in [4.78, 5) is 4.83. The minimum Gasteiger partial charge on any atom is -0.494 e. The number of hydrogen-bond donors (Lipinski definition) is 0. The Labute approximate surface area is 157 Å². The van der Waals surface area contributed by atoms with Gasteiger partial charge in [0.25, 0.3) is 0 Å². The maximum absolute atomic E-state index is 5.56. The number of hydrazone groups is 1. The zero-order valence-corrected chi connectivity index (χ0v) is 15.7. The predicted molar refractivity (Wildman–Crippen MR) is 108 cm³/mol. The van der Waals surface area contributed by atoms with E-state index in [1.54, 1.807) is 11.3 Å². The first kappa shape index (κ1) is 16.8. The molecule has 2 heterocycles. The van der Waals surface area contributed by atoms with Crippen molar-refractivity contribution in [3.05, 3.63) is 65.5 Å². The minimum absolute atomic E-state index is 0.181. The number of rotatable bonds is 5. The summed E-state index contributed by atoms with van der Waals surface area (Å²) in [6.45, 7) is 4.75. The van der Waals surface area contributed by atoms with Crippen LogP contribution in [0.5, 0.6) is 5.75 Å². The molecule has 3 aromatic rings. The van der Waals surface area contributed by atoms with Gasteiger partial charge in [-0.2, -0.15) is 5.10 Å². The fourth-order valence-corrected chi connectivity index (χ4v) is 3.99. The Morgan fingerprint density at radius 3 is 2.62 bits per heavy atom. The highest BCUT2D eigenvalue weighted by Gasteiger charge is 2.29. The monoisotopic (exact) mass is 363 g/mol. The van der Waals surface area contributed by atoms with Gasteiger partial charge in [-0.25, -0.2) is 9.99 Å². The average Bonchev–Trinajstić information content (AvgIpc) is 3.30.